The third kappa shape index (κ3) is 5.06. The minimum absolute atomic E-state index is 0.0354. The maximum atomic E-state index is 12.5. The van der Waals surface area contributed by atoms with Crippen LogP contribution in [0.3, 0.4) is 0 Å². The van der Waals surface area contributed by atoms with Crippen molar-refractivity contribution in [1.82, 2.24) is 4.72 Å². The summed E-state index contributed by atoms with van der Waals surface area (Å²) in [5.74, 6) is 0.443. The molecule has 0 aliphatic carbocycles. The Morgan fingerprint density at radius 1 is 0.821 bits per heavy atom. The molecule has 148 valence electrons. The van der Waals surface area contributed by atoms with E-state index >= 15 is 0 Å². The predicted molar refractivity (Wildman–Crippen MR) is 106 cm³/mol. The lowest BCUT2D eigenvalue weighted by Gasteiger charge is -2.11. The Labute approximate surface area is 172 Å². The van der Waals surface area contributed by atoms with Crippen LogP contribution in [0.15, 0.2) is 75.1 Å². The van der Waals surface area contributed by atoms with E-state index in [1.54, 1.807) is 12.1 Å². The standard InChI is InChI=1S/C17H14Cl2N2O5S2/c18-12-7-13(19)9-17(8-12)28(24,25)21-14-3-1-5-16(10-14)27(22,23)20-11-15-4-2-6-26-15/h1-10,20-21H,11H2. The Bertz CT molecular complexity index is 1170. The molecule has 0 saturated heterocycles. The van der Waals surface area contributed by atoms with Gasteiger partial charge in [0.15, 0.2) is 0 Å². The van der Waals surface area contributed by atoms with Crippen molar-refractivity contribution in [2.75, 3.05) is 4.72 Å². The molecule has 11 heteroatoms. The van der Waals surface area contributed by atoms with Gasteiger partial charge in [0.1, 0.15) is 5.76 Å². The molecule has 0 saturated carbocycles. The summed E-state index contributed by atoms with van der Waals surface area (Å²) in [4.78, 5) is -0.252. The lowest BCUT2D eigenvalue weighted by molar-refractivity contribution is 0.498. The summed E-state index contributed by atoms with van der Waals surface area (Å²) in [5.41, 5.74) is 0.0666. The Balaban J connectivity index is 1.82. The third-order valence-corrected chi connectivity index (χ3v) is 6.76. The molecular weight excluding hydrogens is 447 g/mol. The van der Waals surface area contributed by atoms with E-state index in [0.717, 1.165) is 0 Å². The molecule has 2 N–H and O–H groups in total. The van der Waals surface area contributed by atoms with Crippen molar-refractivity contribution >= 4 is 48.9 Å². The summed E-state index contributed by atoms with van der Waals surface area (Å²) < 4.78 is 59.7. The summed E-state index contributed by atoms with van der Waals surface area (Å²) in [6.45, 7) is -0.0354. The Hall–Kier alpha value is -2.04. The highest BCUT2D eigenvalue weighted by molar-refractivity contribution is 7.92. The number of rotatable bonds is 7. The van der Waals surface area contributed by atoms with Crippen molar-refractivity contribution in [3.63, 3.8) is 0 Å². The molecule has 2 aromatic carbocycles. The topological polar surface area (TPSA) is 105 Å². The molecule has 1 heterocycles. The van der Waals surface area contributed by atoms with E-state index in [1.165, 1.54) is 48.7 Å². The van der Waals surface area contributed by atoms with Crippen LogP contribution in [0, 0.1) is 0 Å². The molecule has 0 amide bonds. The molecular formula is C17H14Cl2N2O5S2. The minimum Gasteiger partial charge on any atom is -0.468 e. The van der Waals surface area contributed by atoms with E-state index in [4.69, 9.17) is 27.6 Å². The molecule has 0 unspecified atom stereocenters. The van der Waals surface area contributed by atoms with Crippen LogP contribution in [-0.4, -0.2) is 16.8 Å². The van der Waals surface area contributed by atoms with Gasteiger partial charge in [-0.2, -0.15) is 0 Å². The lowest BCUT2D eigenvalue weighted by Crippen LogP contribution is -2.23. The second-order valence-corrected chi connectivity index (χ2v) is 9.96. The van der Waals surface area contributed by atoms with Crippen LogP contribution in [0.5, 0.6) is 0 Å². The maximum absolute atomic E-state index is 12.5. The number of hydrogen-bond acceptors (Lipinski definition) is 5. The number of furan rings is 1. The SMILES string of the molecule is O=S(=O)(NCc1ccco1)c1cccc(NS(=O)(=O)c2cc(Cl)cc(Cl)c2)c1. The van der Waals surface area contributed by atoms with Crippen molar-refractivity contribution in [2.45, 2.75) is 16.3 Å². The fourth-order valence-electron chi connectivity index (χ4n) is 2.29. The second-order valence-electron chi connectivity index (χ2n) is 5.64. The summed E-state index contributed by atoms with van der Waals surface area (Å²) >= 11 is 11.7. The van der Waals surface area contributed by atoms with Crippen LogP contribution < -0.4 is 9.44 Å². The highest BCUT2D eigenvalue weighted by Gasteiger charge is 2.19. The number of anilines is 1. The first-order valence-electron chi connectivity index (χ1n) is 7.77. The van der Waals surface area contributed by atoms with Crippen LogP contribution in [0.2, 0.25) is 10.0 Å². The summed E-state index contributed by atoms with van der Waals surface area (Å²) in [6, 6.07) is 12.5. The summed E-state index contributed by atoms with van der Waals surface area (Å²) in [6.07, 6.45) is 1.43. The van der Waals surface area contributed by atoms with Gasteiger partial charge in [0.25, 0.3) is 10.0 Å². The number of benzene rings is 2. The molecule has 0 spiro atoms. The van der Waals surface area contributed by atoms with Gasteiger partial charge in [0.2, 0.25) is 10.0 Å². The van der Waals surface area contributed by atoms with Crippen molar-refractivity contribution in [2.24, 2.45) is 0 Å². The van der Waals surface area contributed by atoms with Crippen LogP contribution in [0.25, 0.3) is 0 Å². The zero-order valence-electron chi connectivity index (χ0n) is 14.1. The van der Waals surface area contributed by atoms with Crippen molar-refractivity contribution in [3.05, 3.63) is 76.7 Å². The quantitative estimate of drug-likeness (QED) is 0.556. The van der Waals surface area contributed by atoms with Gasteiger partial charge in [-0.05, 0) is 48.5 Å². The molecule has 7 nitrogen and oxygen atoms in total. The molecule has 0 aliphatic heterocycles. The molecule has 0 fully saturated rings. The monoisotopic (exact) mass is 460 g/mol. The number of hydrogen-bond donors (Lipinski definition) is 2. The smallest absolute Gasteiger partial charge is 0.261 e. The Kier molecular flexibility index (Phi) is 6.01. The number of sulfonamides is 2. The Morgan fingerprint density at radius 2 is 1.54 bits per heavy atom. The first kappa shape index (κ1) is 20.7. The molecule has 3 rings (SSSR count). The van der Waals surface area contributed by atoms with Gasteiger partial charge in [-0.15, -0.1) is 0 Å². The molecule has 0 atom stereocenters. The zero-order chi connectivity index (χ0) is 20.4. The highest BCUT2D eigenvalue weighted by Crippen LogP contribution is 2.25. The fraction of sp³-hybridized carbons (Fsp3) is 0.0588. The molecule has 1 aromatic heterocycles. The van der Waals surface area contributed by atoms with Crippen molar-refractivity contribution in [3.8, 4) is 0 Å². The number of nitrogens with one attached hydrogen (secondary N) is 2. The van der Waals surface area contributed by atoms with Gasteiger partial charge in [-0.25, -0.2) is 21.6 Å². The van der Waals surface area contributed by atoms with Crippen LogP contribution in [0.4, 0.5) is 5.69 Å². The molecule has 0 aliphatic rings. The van der Waals surface area contributed by atoms with Crippen molar-refractivity contribution in [1.29, 1.82) is 0 Å². The third-order valence-electron chi connectivity index (χ3n) is 3.56. The Morgan fingerprint density at radius 3 is 2.18 bits per heavy atom. The van der Waals surface area contributed by atoms with Crippen LogP contribution in [-0.2, 0) is 26.6 Å². The average molecular weight is 461 g/mol. The summed E-state index contributed by atoms with van der Waals surface area (Å²) in [5, 5.41) is 0.317. The van der Waals surface area contributed by atoms with E-state index in [9.17, 15) is 16.8 Å². The largest absolute Gasteiger partial charge is 0.468 e. The molecule has 0 radical (unpaired) electrons. The fourth-order valence-corrected chi connectivity index (χ4v) is 5.10. The normalized spacial score (nSPS) is 12.1. The minimum atomic E-state index is -4.02. The average Bonchev–Trinajstić information content (AvgIpc) is 3.13. The number of halogens is 2. The van der Waals surface area contributed by atoms with E-state index in [1.807, 2.05) is 0 Å². The van der Waals surface area contributed by atoms with Gasteiger partial charge in [-0.1, -0.05) is 29.3 Å². The van der Waals surface area contributed by atoms with E-state index in [2.05, 4.69) is 9.44 Å². The second kappa shape index (κ2) is 8.14. The molecule has 3 aromatic rings. The van der Waals surface area contributed by atoms with Gasteiger partial charge >= 0.3 is 0 Å². The van der Waals surface area contributed by atoms with Gasteiger partial charge in [0.05, 0.1) is 28.3 Å². The summed E-state index contributed by atoms with van der Waals surface area (Å²) in [7, 11) is -7.90. The van der Waals surface area contributed by atoms with Gasteiger partial charge in [0, 0.05) is 10.0 Å². The van der Waals surface area contributed by atoms with Crippen molar-refractivity contribution < 1.29 is 21.3 Å². The zero-order valence-corrected chi connectivity index (χ0v) is 17.2. The first-order valence-corrected chi connectivity index (χ1v) is 11.5. The maximum Gasteiger partial charge on any atom is 0.261 e. The van der Waals surface area contributed by atoms with E-state index < -0.39 is 20.0 Å². The van der Waals surface area contributed by atoms with E-state index in [0.29, 0.717) is 5.76 Å². The van der Waals surface area contributed by atoms with Gasteiger partial charge in [-0.3, -0.25) is 4.72 Å². The predicted octanol–water partition coefficient (Wildman–Crippen LogP) is 3.87. The van der Waals surface area contributed by atoms with Crippen LogP contribution >= 0.6 is 23.2 Å². The first-order chi connectivity index (χ1) is 13.2. The molecule has 28 heavy (non-hydrogen) atoms. The van der Waals surface area contributed by atoms with E-state index in [-0.39, 0.29) is 32.1 Å². The lowest BCUT2D eigenvalue weighted by atomic mass is 10.3. The van der Waals surface area contributed by atoms with Gasteiger partial charge < -0.3 is 4.42 Å². The van der Waals surface area contributed by atoms with Crippen LogP contribution in [0.1, 0.15) is 5.76 Å². The highest BCUT2D eigenvalue weighted by atomic mass is 35.5. The molecule has 0 bridgehead atoms.